The summed E-state index contributed by atoms with van der Waals surface area (Å²) in [5.41, 5.74) is 0.756. The zero-order chi connectivity index (χ0) is 11.1. The Bertz CT molecular complexity index is 621. The molecule has 1 aromatic heterocycles. The van der Waals surface area contributed by atoms with Crippen LogP contribution in [0.5, 0.6) is 0 Å². The largest absolute Gasteiger partial charge is 0.349 e. The van der Waals surface area contributed by atoms with Gasteiger partial charge in [-0.3, -0.25) is 0 Å². The molecule has 4 nitrogen and oxygen atoms in total. The summed E-state index contributed by atoms with van der Waals surface area (Å²) in [6.07, 6.45) is 1.80. The molecule has 0 fully saturated rings. The van der Waals surface area contributed by atoms with E-state index in [9.17, 15) is 4.79 Å². The molecular weight excluding hydrogens is 222 g/mol. The van der Waals surface area contributed by atoms with Gasteiger partial charge in [0, 0.05) is 18.1 Å². The number of nitrogens with one attached hydrogen (secondary N) is 1. The van der Waals surface area contributed by atoms with Gasteiger partial charge in [0.05, 0.1) is 10.6 Å². The first kappa shape index (κ1) is 9.47. The van der Waals surface area contributed by atoms with Crippen molar-refractivity contribution in [1.82, 2.24) is 9.55 Å². The molecule has 0 spiro atoms. The third kappa shape index (κ3) is 1.40. The second kappa shape index (κ2) is 3.38. The number of aryl methyl sites for hydroxylation is 1. The van der Waals surface area contributed by atoms with Crippen LogP contribution in [0.1, 0.15) is 0 Å². The van der Waals surface area contributed by atoms with Gasteiger partial charge < -0.3 is 9.88 Å². The van der Waals surface area contributed by atoms with E-state index in [1.54, 1.807) is 25.0 Å². The minimum Gasteiger partial charge on any atom is -0.338 e. The Hall–Kier alpha value is -1.75. The number of fused-ring (bicyclic) bond motifs is 2. The first-order valence-corrected chi connectivity index (χ1v) is 5.67. The lowest BCUT2D eigenvalue weighted by Gasteiger charge is -2.19. The molecule has 3 rings (SSSR count). The second-order valence-corrected chi connectivity index (χ2v) is 4.65. The van der Waals surface area contributed by atoms with Crippen LogP contribution in [-0.4, -0.2) is 9.55 Å². The molecule has 5 heteroatoms. The number of para-hydroxylation sites is 1. The van der Waals surface area contributed by atoms with Crippen LogP contribution in [0.3, 0.4) is 0 Å². The zero-order valence-corrected chi connectivity index (χ0v) is 9.41. The van der Waals surface area contributed by atoms with Crippen LogP contribution in [-0.2, 0) is 7.05 Å². The van der Waals surface area contributed by atoms with Crippen LogP contribution >= 0.6 is 11.8 Å². The van der Waals surface area contributed by atoms with Gasteiger partial charge in [0.2, 0.25) is 0 Å². The maximum Gasteiger partial charge on any atom is 0.349 e. The number of anilines is 2. The smallest absolute Gasteiger partial charge is 0.338 e. The lowest BCUT2D eigenvalue weighted by atomic mass is 10.3. The highest BCUT2D eigenvalue weighted by Crippen LogP contribution is 2.41. The SMILES string of the molecule is Cn1cc2c(nc1=O)Nc1ccccc1S2. The summed E-state index contributed by atoms with van der Waals surface area (Å²) in [5, 5.41) is 3.16. The van der Waals surface area contributed by atoms with E-state index in [2.05, 4.69) is 10.3 Å². The van der Waals surface area contributed by atoms with Crippen molar-refractivity contribution in [3.05, 3.63) is 40.9 Å². The third-order valence-corrected chi connectivity index (χ3v) is 3.51. The minimum atomic E-state index is -0.244. The molecule has 2 aromatic rings. The summed E-state index contributed by atoms with van der Waals surface area (Å²) < 4.78 is 1.49. The van der Waals surface area contributed by atoms with E-state index in [1.807, 2.05) is 24.3 Å². The Kier molecular flexibility index (Phi) is 2.00. The van der Waals surface area contributed by atoms with E-state index in [-0.39, 0.29) is 5.69 Å². The lowest BCUT2D eigenvalue weighted by Crippen LogP contribution is -2.21. The summed E-state index contributed by atoms with van der Waals surface area (Å²) in [5.74, 6) is 0.645. The molecule has 0 saturated heterocycles. The molecule has 80 valence electrons. The van der Waals surface area contributed by atoms with Gasteiger partial charge in [0.1, 0.15) is 0 Å². The molecule has 0 bridgehead atoms. The summed E-state index contributed by atoms with van der Waals surface area (Å²) in [4.78, 5) is 17.5. The van der Waals surface area contributed by atoms with Crippen LogP contribution in [0.15, 0.2) is 45.0 Å². The molecule has 0 atom stereocenters. The monoisotopic (exact) mass is 231 g/mol. The molecule has 1 aliphatic rings. The number of hydrogen-bond donors (Lipinski definition) is 1. The van der Waals surface area contributed by atoms with Crippen molar-refractivity contribution >= 4 is 23.3 Å². The average Bonchev–Trinajstić information content (AvgIpc) is 2.28. The van der Waals surface area contributed by atoms with E-state index < -0.39 is 0 Å². The number of rotatable bonds is 0. The minimum absolute atomic E-state index is 0.244. The van der Waals surface area contributed by atoms with E-state index in [4.69, 9.17) is 0 Å². The fourth-order valence-electron chi connectivity index (χ4n) is 1.59. The topological polar surface area (TPSA) is 46.9 Å². The normalized spacial score (nSPS) is 12.6. The number of hydrogen-bond acceptors (Lipinski definition) is 4. The first-order valence-electron chi connectivity index (χ1n) is 4.85. The van der Waals surface area contributed by atoms with Crippen LogP contribution < -0.4 is 11.0 Å². The zero-order valence-electron chi connectivity index (χ0n) is 8.60. The highest BCUT2D eigenvalue weighted by atomic mass is 32.2. The molecule has 0 aliphatic carbocycles. The van der Waals surface area contributed by atoms with Crippen LogP contribution in [0.2, 0.25) is 0 Å². The average molecular weight is 231 g/mol. The van der Waals surface area contributed by atoms with Gasteiger partial charge in [-0.2, -0.15) is 4.98 Å². The Balaban J connectivity index is 2.16. The highest BCUT2D eigenvalue weighted by Gasteiger charge is 2.17. The lowest BCUT2D eigenvalue weighted by molar-refractivity contribution is 0.790. The summed E-state index contributed by atoms with van der Waals surface area (Å²) in [6, 6.07) is 7.97. The van der Waals surface area contributed by atoms with Gasteiger partial charge in [0.25, 0.3) is 0 Å². The predicted octanol–water partition coefficient (Wildman–Crippen LogP) is 1.99. The molecule has 1 N–H and O–H groups in total. The Labute approximate surface area is 96.3 Å². The molecule has 2 heterocycles. The maximum atomic E-state index is 11.4. The Morgan fingerprint density at radius 2 is 2.12 bits per heavy atom. The van der Waals surface area contributed by atoms with Crippen LogP contribution in [0, 0.1) is 0 Å². The highest BCUT2D eigenvalue weighted by molar-refractivity contribution is 7.99. The number of nitrogens with zero attached hydrogens (tertiary/aromatic N) is 2. The van der Waals surface area contributed by atoms with E-state index in [0.29, 0.717) is 5.82 Å². The summed E-state index contributed by atoms with van der Waals surface area (Å²) >= 11 is 1.62. The van der Waals surface area contributed by atoms with Gasteiger partial charge in [-0.25, -0.2) is 4.79 Å². The van der Waals surface area contributed by atoms with Gasteiger partial charge in [-0.1, -0.05) is 23.9 Å². The van der Waals surface area contributed by atoms with Crippen molar-refractivity contribution in [3.8, 4) is 0 Å². The standard InChI is InChI=1S/C11H9N3OS/c1-14-6-9-10(13-11(14)15)12-7-4-2-3-5-8(7)16-9/h2-6H,1H3,(H,12,13,15). The van der Waals surface area contributed by atoms with Crippen molar-refractivity contribution in [2.24, 2.45) is 7.05 Å². The molecule has 0 saturated carbocycles. The van der Waals surface area contributed by atoms with Gasteiger partial charge in [-0.15, -0.1) is 0 Å². The quantitative estimate of drug-likeness (QED) is 0.642. The van der Waals surface area contributed by atoms with Gasteiger partial charge >= 0.3 is 5.69 Å². The van der Waals surface area contributed by atoms with E-state index in [0.717, 1.165) is 15.5 Å². The Morgan fingerprint density at radius 3 is 3.00 bits per heavy atom. The van der Waals surface area contributed by atoms with Gasteiger partial charge in [0.15, 0.2) is 5.82 Å². The molecular formula is C11H9N3OS. The second-order valence-electron chi connectivity index (χ2n) is 3.57. The van der Waals surface area contributed by atoms with Crippen LogP contribution in [0.25, 0.3) is 0 Å². The molecule has 0 radical (unpaired) electrons. The molecule has 0 unspecified atom stereocenters. The van der Waals surface area contributed by atoms with E-state index in [1.165, 1.54) is 4.57 Å². The maximum absolute atomic E-state index is 11.4. The fraction of sp³-hybridized carbons (Fsp3) is 0.0909. The van der Waals surface area contributed by atoms with Crippen molar-refractivity contribution in [2.45, 2.75) is 9.79 Å². The van der Waals surface area contributed by atoms with Crippen LogP contribution in [0.4, 0.5) is 11.5 Å². The summed E-state index contributed by atoms with van der Waals surface area (Å²) in [7, 11) is 1.71. The molecule has 16 heavy (non-hydrogen) atoms. The van der Waals surface area contributed by atoms with Crippen molar-refractivity contribution in [2.75, 3.05) is 5.32 Å². The first-order chi connectivity index (χ1) is 7.74. The Morgan fingerprint density at radius 1 is 1.31 bits per heavy atom. The van der Waals surface area contributed by atoms with Crippen molar-refractivity contribution in [3.63, 3.8) is 0 Å². The summed E-state index contributed by atoms with van der Waals surface area (Å²) in [6.45, 7) is 0. The van der Waals surface area contributed by atoms with Gasteiger partial charge in [-0.05, 0) is 12.1 Å². The third-order valence-electron chi connectivity index (χ3n) is 2.41. The predicted molar refractivity (Wildman–Crippen MR) is 63.3 cm³/mol. The van der Waals surface area contributed by atoms with E-state index >= 15 is 0 Å². The number of aromatic nitrogens is 2. The molecule has 1 aliphatic heterocycles. The van der Waals surface area contributed by atoms with Crippen molar-refractivity contribution in [1.29, 1.82) is 0 Å². The fourth-order valence-corrected chi connectivity index (χ4v) is 2.61. The molecule has 1 aromatic carbocycles. The van der Waals surface area contributed by atoms with Crippen molar-refractivity contribution < 1.29 is 0 Å². The number of benzene rings is 1. The molecule has 0 amide bonds.